The molecule has 0 unspecified atom stereocenters. The topological polar surface area (TPSA) is 85.2 Å². The van der Waals surface area contributed by atoms with E-state index in [1.165, 1.54) is 0 Å². The van der Waals surface area contributed by atoms with Crippen LogP contribution in [0.3, 0.4) is 0 Å². The summed E-state index contributed by atoms with van der Waals surface area (Å²) in [4.78, 5) is 16.5. The molecule has 0 aliphatic heterocycles. The van der Waals surface area contributed by atoms with Crippen LogP contribution in [0.15, 0.2) is 0 Å². The van der Waals surface area contributed by atoms with Crippen LogP contribution in [0.1, 0.15) is 6.42 Å². The maximum absolute atomic E-state index is 10.1. The fraction of sp³-hybridized carbons (Fsp3) is 1.00. The summed E-state index contributed by atoms with van der Waals surface area (Å²) in [5, 5.41) is 0. The van der Waals surface area contributed by atoms with Crippen LogP contribution in [0, 0.1) is 0 Å². The van der Waals surface area contributed by atoms with E-state index in [4.69, 9.17) is 9.79 Å². The molecule has 0 amide bonds. The van der Waals surface area contributed by atoms with Gasteiger partial charge in [0, 0.05) is 6.42 Å². The Morgan fingerprint density at radius 3 is 2.00 bits per heavy atom. The highest BCUT2D eigenvalue weighted by molar-refractivity contribution is 7.51. The fourth-order valence-electron chi connectivity index (χ4n) is 0.318. The molecule has 0 aliphatic carbocycles. The van der Waals surface area contributed by atoms with Gasteiger partial charge in [-0.1, -0.05) is 0 Å². The average molecular weight is 176 g/mol. The highest BCUT2D eigenvalue weighted by atomic mass is 35.5. The van der Waals surface area contributed by atoms with Crippen LogP contribution in [-0.2, 0) is 4.57 Å². The van der Waals surface area contributed by atoms with Crippen molar-refractivity contribution < 1.29 is 32.5 Å². The molecule has 0 aromatic rings. The third-order valence-electron chi connectivity index (χ3n) is 0.699. The van der Waals surface area contributed by atoms with Crippen molar-refractivity contribution in [2.24, 2.45) is 0 Å². The van der Waals surface area contributed by atoms with Crippen LogP contribution >= 0.6 is 7.60 Å². The Balaban J connectivity index is 0. The third-order valence-corrected chi connectivity index (χ3v) is 1.60. The molecule has 0 saturated carbocycles. The predicted octanol–water partition coefficient (Wildman–Crippen LogP) is -4.20. The zero-order valence-electron chi connectivity index (χ0n) is 4.96. The second kappa shape index (κ2) is 5.21. The van der Waals surface area contributed by atoms with E-state index in [2.05, 4.69) is 5.73 Å². The van der Waals surface area contributed by atoms with Crippen molar-refractivity contribution in [2.45, 2.75) is 6.42 Å². The van der Waals surface area contributed by atoms with Crippen LogP contribution in [-0.4, -0.2) is 22.5 Å². The molecule has 0 spiro atoms. The predicted molar refractivity (Wildman–Crippen MR) is 29.3 cm³/mol. The van der Waals surface area contributed by atoms with E-state index in [-0.39, 0.29) is 18.6 Å². The lowest BCUT2D eigenvalue weighted by Gasteiger charge is -1.97. The summed E-state index contributed by atoms with van der Waals surface area (Å²) >= 11 is 0. The minimum absolute atomic E-state index is 0. The summed E-state index contributed by atoms with van der Waals surface area (Å²) in [6, 6.07) is 0. The van der Waals surface area contributed by atoms with Gasteiger partial charge in [0.2, 0.25) is 0 Å². The van der Waals surface area contributed by atoms with Crippen molar-refractivity contribution >= 4 is 7.60 Å². The molecule has 0 aromatic heterocycles. The smallest absolute Gasteiger partial charge is 0.325 e. The fourth-order valence-corrected chi connectivity index (χ4v) is 0.953. The molecule has 0 fully saturated rings. The molecular weight excluding hydrogens is 164 g/mol. The van der Waals surface area contributed by atoms with Gasteiger partial charge in [0.1, 0.15) is 0 Å². The van der Waals surface area contributed by atoms with E-state index in [1.54, 1.807) is 0 Å². The van der Waals surface area contributed by atoms with Crippen molar-refractivity contribution in [1.29, 1.82) is 0 Å². The summed E-state index contributed by atoms with van der Waals surface area (Å²) in [5.74, 6) is 0. The van der Waals surface area contributed by atoms with Crippen LogP contribution in [0.4, 0.5) is 0 Å². The molecule has 0 saturated heterocycles. The quantitative estimate of drug-likeness (QED) is 0.380. The largest absolute Gasteiger partial charge is 1.00 e. The molecule has 0 bridgehead atoms. The van der Waals surface area contributed by atoms with E-state index in [0.717, 1.165) is 0 Å². The normalized spacial score (nSPS) is 10.6. The van der Waals surface area contributed by atoms with Gasteiger partial charge in [0.05, 0.1) is 12.7 Å². The lowest BCUT2D eigenvalue weighted by atomic mass is 10.5. The lowest BCUT2D eigenvalue weighted by Crippen LogP contribution is -3.00. The minimum Gasteiger partial charge on any atom is -1.00 e. The Kier molecular flexibility index (Phi) is 7.01. The lowest BCUT2D eigenvalue weighted by molar-refractivity contribution is -0.367. The Morgan fingerprint density at radius 1 is 1.44 bits per heavy atom. The second-order valence-electron chi connectivity index (χ2n) is 1.60. The molecule has 9 heavy (non-hydrogen) atoms. The Morgan fingerprint density at radius 2 is 1.89 bits per heavy atom. The number of quaternary nitrogens is 1. The van der Waals surface area contributed by atoms with E-state index in [1.807, 2.05) is 0 Å². The first-order valence-corrected chi connectivity index (χ1v) is 4.20. The van der Waals surface area contributed by atoms with Crippen molar-refractivity contribution in [3.63, 3.8) is 0 Å². The Hall–Kier alpha value is 0.400. The molecule has 4 nitrogen and oxygen atoms in total. The molecule has 58 valence electrons. The second-order valence-corrected chi connectivity index (χ2v) is 3.37. The first kappa shape index (κ1) is 12.1. The summed E-state index contributed by atoms with van der Waals surface area (Å²) in [7, 11) is -3.72. The van der Waals surface area contributed by atoms with Crippen LogP contribution in [0.2, 0.25) is 0 Å². The molecular formula is C3H11ClNO3P. The highest BCUT2D eigenvalue weighted by Crippen LogP contribution is 2.34. The zero-order valence-corrected chi connectivity index (χ0v) is 6.61. The first-order valence-electron chi connectivity index (χ1n) is 2.40. The minimum atomic E-state index is -3.72. The monoisotopic (exact) mass is 175 g/mol. The molecule has 0 atom stereocenters. The van der Waals surface area contributed by atoms with Crippen molar-refractivity contribution in [1.82, 2.24) is 0 Å². The van der Waals surface area contributed by atoms with Crippen molar-refractivity contribution in [3.05, 3.63) is 0 Å². The molecule has 0 rings (SSSR count). The third kappa shape index (κ3) is 11.8. The molecule has 5 N–H and O–H groups in total. The molecule has 0 heterocycles. The summed E-state index contributed by atoms with van der Waals surface area (Å²) < 4.78 is 10.1. The summed E-state index contributed by atoms with van der Waals surface area (Å²) in [6.07, 6.45) is 0.473. The summed E-state index contributed by atoms with van der Waals surface area (Å²) in [5.41, 5.74) is 3.45. The van der Waals surface area contributed by atoms with Crippen molar-refractivity contribution in [2.75, 3.05) is 12.7 Å². The molecule has 0 radical (unpaired) electrons. The number of halogens is 1. The van der Waals surface area contributed by atoms with Crippen LogP contribution in [0.25, 0.3) is 0 Å². The van der Waals surface area contributed by atoms with Gasteiger partial charge in [-0.05, 0) is 0 Å². The number of rotatable bonds is 3. The van der Waals surface area contributed by atoms with Gasteiger partial charge in [0.25, 0.3) is 0 Å². The SMILES string of the molecule is [Cl-].[NH3+]CCCP(=O)(O)O. The molecule has 0 aromatic carbocycles. The van der Waals surface area contributed by atoms with E-state index < -0.39 is 7.60 Å². The van der Waals surface area contributed by atoms with Gasteiger partial charge in [-0.25, -0.2) is 0 Å². The van der Waals surface area contributed by atoms with Gasteiger partial charge in [-0.3, -0.25) is 4.57 Å². The summed E-state index contributed by atoms with van der Waals surface area (Å²) in [6.45, 7) is 0.588. The van der Waals surface area contributed by atoms with E-state index >= 15 is 0 Å². The van der Waals surface area contributed by atoms with Gasteiger partial charge < -0.3 is 27.9 Å². The van der Waals surface area contributed by atoms with Gasteiger partial charge in [-0.15, -0.1) is 0 Å². The van der Waals surface area contributed by atoms with Crippen LogP contribution in [0.5, 0.6) is 0 Å². The van der Waals surface area contributed by atoms with Gasteiger partial charge in [0.15, 0.2) is 0 Å². The van der Waals surface area contributed by atoms with Gasteiger partial charge >= 0.3 is 7.60 Å². The average Bonchev–Trinajstić information content (AvgIpc) is 1.59. The Bertz CT molecular complexity index is 103. The Labute approximate surface area is 60.0 Å². The van der Waals surface area contributed by atoms with Gasteiger partial charge in [-0.2, -0.15) is 0 Å². The van der Waals surface area contributed by atoms with E-state index in [0.29, 0.717) is 13.0 Å². The van der Waals surface area contributed by atoms with Crippen molar-refractivity contribution in [3.8, 4) is 0 Å². The maximum atomic E-state index is 10.1. The first-order chi connectivity index (χ1) is 3.56. The highest BCUT2D eigenvalue weighted by Gasteiger charge is 2.10. The molecule has 6 heteroatoms. The number of hydrogen-bond acceptors (Lipinski definition) is 1. The standard InChI is InChI=1S/C3H10NO3P.ClH/c4-2-1-3-8(5,6)7;/h1-4H2,(H2,5,6,7);1H. The molecule has 0 aliphatic rings. The van der Waals surface area contributed by atoms with E-state index in [9.17, 15) is 4.57 Å². The zero-order chi connectivity index (χ0) is 6.62. The number of hydrogen-bond donors (Lipinski definition) is 3. The maximum Gasteiger partial charge on any atom is 0.325 e. The van der Waals surface area contributed by atoms with Crippen LogP contribution < -0.4 is 18.1 Å².